The molecule has 1 aromatic carbocycles. The number of benzene rings is 1. The van der Waals surface area contributed by atoms with Crippen LogP contribution in [0.4, 0.5) is 0 Å². The van der Waals surface area contributed by atoms with E-state index in [-0.39, 0.29) is 0 Å². The third-order valence-electron chi connectivity index (χ3n) is 3.39. The van der Waals surface area contributed by atoms with Crippen LogP contribution < -0.4 is 10.1 Å². The average Bonchev–Trinajstić information content (AvgIpc) is 2.59. The zero-order valence-electron chi connectivity index (χ0n) is 10.9. The molecule has 2 heterocycles. The van der Waals surface area contributed by atoms with Crippen molar-refractivity contribution in [2.75, 3.05) is 13.2 Å². The van der Waals surface area contributed by atoms with Gasteiger partial charge in [0, 0.05) is 18.3 Å². The van der Waals surface area contributed by atoms with Gasteiger partial charge in [0.1, 0.15) is 0 Å². The molecule has 0 atom stereocenters. The number of hydrogen-bond acceptors (Lipinski definition) is 3. The molecule has 1 aliphatic rings. The monoisotopic (exact) mass is 254 g/mol. The molecule has 0 aliphatic carbocycles. The van der Waals surface area contributed by atoms with Crippen LogP contribution in [0.2, 0.25) is 0 Å². The Bertz CT molecular complexity index is 540. The number of fused-ring (bicyclic) bond motifs is 1. The van der Waals surface area contributed by atoms with Gasteiger partial charge in [-0.2, -0.15) is 0 Å². The van der Waals surface area contributed by atoms with E-state index in [0.717, 1.165) is 44.0 Å². The van der Waals surface area contributed by atoms with Crippen molar-refractivity contribution in [2.45, 2.75) is 19.4 Å². The normalized spacial score (nSPS) is 15.6. The molecule has 3 rings (SSSR count). The summed E-state index contributed by atoms with van der Waals surface area (Å²) in [5, 5.41) is 3.47. The molecule has 1 N–H and O–H groups in total. The van der Waals surface area contributed by atoms with Gasteiger partial charge in [-0.15, -0.1) is 0 Å². The predicted octanol–water partition coefficient (Wildman–Crippen LogP) is 3.01. The van der Waals surface area contributed by atoms with Crippen LogP contribution in [0, 0.1) is 0 Å². The van der Waals surface area contributed by atoms with Crippen LogP contribution in [-0.2, 0) is 6.54 Å². The fourth-order valence-corrected chi connectivity index (χ4v) is 2.39. The average molecular weight is 254 g/mol. The smallest absolute Gasteiger partial charge is 0.218 e. The quantitative estimate of drug-likeness (QED) is 0.849. The summed E-state index contributed by atoms with van der Waals surface area (Å²) in [5.41, 5.74) is 3.58. The number of nitrogens with one attached hydrogen (secondary N) is 1. The molecule has 3 nitrogen and oxygen atoms in total. The summed E-state index contributed by atoms with van der Waals surface area (Å²) in [6, 6.07) is 12.5. The van der Waals surface area contributed by atoms with E-state index >= 15 is 0 Å². The van der Waals surface area contributed by atoms with E-state index < -0.39 is 0 Å². The van der Waals surface area contributed by atoms with Crippen LogP contribution in [0.1, 0.15) is 18.4 Å². The highest BCUT2D eigenvalue weighted by Crippen LogP contribution is 2.29. The molecule has 3 heteroatoms. The number of nitrogens with zero attached hydrogens (tertiary/aromatic N) is 1. The SMILES string of the molecule is c1ccc(-c2ccnc3c2CNCCCCO3)cc1. The standard InChI is InChI=1S/C16H18N2O/c1-2-6-13(7-3-1)14-8-10-18-16-15(14)12-17-9-4-5-11-19-16/h1-3,6-8,10,17H,4-5,9,11-12H2. The first-order valence-electron chi connectivity index (χ1n) is 6.82. The van der Waals surface area contributed by atoms with Crippen LogP contribution in [0.3, 0.4) is 0 Å². The lowest BCUT2D eigenvalue weighted by atomic mass is 10.0. The van der Waals surface area contributed by atoms with Crippen molar-refractivity contribution in [3.05, 3.63) is 48.2 Å². The van der Waals surface area contributed by atoms with E-state index in [1.807, 2.05) is 12.3 Å². The van der Waals surface area contributed by atoms with Gasteiger partial charge >= 0.3 is 0 Å². The Morgan fingerprint density at radius 2 is 1.95 bits per heavy atom. The lowest BCUT2D eigenvalue weighted by Gasteiger charge is -2.13. The fraction of sp³-hybridized carbons (Fsp3) is 0.312. The van der Waals surface area contributed by atoms with Crippen molar-refractivity contribution in [2.24, 2.45) is 0 Å². The first kappa shape index (κ1) is 12.2. The van der Waals surface area contributed by atoms with E-state index in [1.165, 1.54) is 11.1 Å². The van der Waals surface area contributed by atoms with Crippen molar-refractivity contribution >= 4 is 0 Å². The van der Waals surface area contributed by atoms with Crippen molar-refractivity contribution in [1.82, 2.24) is 10.3 Å². The highest BCUT2D eigenvalue weighted by molar-refractivity contribution is 5.68. The van der Waals surface area contributed by atoms with Crippen LogP contribution in [0.25, 0.3) is 11.1 Å². The minimum atomic E-state index is 0.750. The molecule has 1 aromatic heterocycles. The van der Waals surface area contributed by atoms with E-state index in [1.54, 1.807) is 0 Å². The minimum absolute atomic E-state index is 0.750. The number of pyridine rings is 1. The third-order valence-corrected chi connectivity index (χ3v) is 3.39. The molecule has 1 aliphatic heterocycles. The summed E-state index contributed by atoms with van der Waals surface area (Å²) < 4.78 is 5.82. The maximum Gasteiger partial charge on any atom is 0.218 e. The maximum absolute atomic E-state index is 5.82. The van der Waals surface area contributed by atoms with Gasteiger partial charge in [-0.3, -0.25) is 0 Å². The summed E-state index contributed by atoms with van der Waals surface area (Å²) in [5.74, 6) is 0.774. The van der Waals surface area contributed by atoms with Gasteiger partial charge in [0.2, 0.25) is 5.88 Å². The van der Waals surface area contributed by atoms with E-state index in [9.17, 15) is 0 Å². The minimum Gasteiger partial charge on any atom is -0.477 e. The van der Waals surface area contributed by atoms with Crippen molar-refractivity contribution < 1.29 is 4.74 Å². The first-order valence-corrected chi connectivity index (χ1v) is 6.82. The van der Waals surface area contributed by atoms with E-state index in [0.29, 0.717) is 0 Å². The Morgan fingerprint density at radius 1 is 1.05 bits per heavy atom. The van der Waals surface area contributed by atoms with Gasteiger partial charge in [-0.1, -0.05) is 30.3 Å². The van der Waals surface area contributed by atoms with Crippen molar-refractivity contribution in [3.8, 4) is 17.0 Å². The third kappa shape index (κ3) is 2.76. The van der Waals surface area contributed by atoms with E-state index in [4.69, 9.17) is 4.74 Å². The molecule has 0 radical (unpaired) electrons. The second kappa shape index (κ2) is 5.85. The van der Waals surface area contributed by atoms with Gasteiger partial charge in [0.05, 0.1) is 6.61 Å². The summed E-state index contributed by atoms with van der Waals surface area (Å²) in [7, 11) is 0. The second-order valence-corrected chi connectivity index (χ2v) is 4.74. The van der Waals surface area contributed by atoms with Gasteiger partial charge in [-0.05, 0) is 36.6 Å². The van der Waals surface area contributed by atoms with Gasteiger partial charge in [0.15, 0.2) is 0 Å². The first-order chi connectivity index (χ1) is 9.45. The van der Waals surface area contributed by atoms with E-state index in [2.05, 4.69) is 40.6 Å². The Balaban J connectivity index is 2.03. The molecule has 0 unspecified atom stereocenters. The zero-order chi connectivity index (χ0) is 12.9. The molecule has 0 amide bonds. The number of aromatic nitrogens is 1. The molecular formula is C16H18N2O. The summed E-state index contributed by atoms with van der Waals surface area (Å²) >= 11 is 0. The Labute approximate surface area is 113 Å². The molecule has 19 heavy (non-hydrogen) atoms. The van der Waals surface area contributed by atoms with Gasteiger partial charge < -0.3 is 10.1 Å². The van der Waals surface area contributed by atoms with Crippen molar-refractivity contribution in [3.63, 3.8) is 0 Å². The highest BCUT2D eigenvalue weighted by Gasteiger charge is 2.13. The molecule has 2 aromatic rings. The molecular weight excluding hydrogens is 236 g/mol. The van der Waals surface area contributed by atoms with Crippen LogP contribution in [0.5, 0.6) is 5.88 Å². The summed E-state index contributed by atoms with van der Waals surface area (Å²) in [6.07, 6.45) is 4.05. The molecule has 0 fully saturated rings. The number of rotatable bonds is 1. The topological polar surface area (TPSA) is 34.2 Å². The largest absolute Gasteiger partial charge is 0.477 e. The molecule has 0 bridgehead atoms. The molecule has 0 spiro atoms. The molecule has 98 valence electrons. The lowest BCUT2D eigenvalue weighted by Crippen LogP contribution is -2.15. The Morgan fingerprint density at radius 3 is 2.84 bits per heavy atom. The van der Waals surface area contributed by atoms with Crippen LogP contribution in [-0.4, -0.2) is 18.1 Å². The summed E-state index contributed by atoms with van der Waals surface area (Å²) in [4.78, 5) is 4.39. The Hall–Kier alpha value is -1.87. The zero-order valence-corrected chi connectivity index (χ0v) is 10.9. The molecule has 0 saturated heterocycles. The maximum atomic E-state index is 5.82. The predicted molar refractivity (Wildman–Crippen MR) is 76.1 cm³/mol. The molecule has 0 saturated carbocycles. The van der Waals surface area contributed by atoms with Crippen LogP contribution in [0.15, 0.2) is 42.6 Å². The second-order valence-electron chi connectivity index (χ2n) is 4.74. The van der Waals surface area contributed by atoms with Crippen LogP contribution >= 0.6 is 0 Å². The lowest BCUT2D eigenvalue weighted by molar-refractivity contribution is 0.296. The van der Waals surface area contributed by atoms with Gasteiger partial charge in [-0.25, -0.2) is 4.98 Å². The summed E-state index contributed by atoms with van der Waals surface area (Å²) in [6.45, 7) is 2.60. The highest BCUT2D eigenvalue weighted by atomic mass is 16.5. The van der Waals surface area contributed by atoms with Crippen molar-refractivity contribution in [1.29, 1.82) is 0 Å². The fourth-order valence-electron chi connectivity index (χ4n) is 2.39. The number of hydrogen-bond donors (Lipinski definition) is 1. The van der Waals surface area contributed by atoms with Gasteiger partial charge in [0.25, 0.3) is 0 Å². The number of ether oxygens (including phenoxy) is 1. The Kier molecular flexibility index (Phi) is 3.75.